The Balaban J connectivity index is 6.45. The molecule has 0 aromatic heterocycles. The number of rotatable bonds is 12. The minimum atomic E-state index is -8.60. The summed E-state index contributed by atoms with van der Waals surface area (Å²) in [6.07, 6.45) is -7.91. The second-order valence-corrected chi connectivity index (χ2v) is 8.35. The monoisotopic (exact) mass is 656 g/mol. The lowest BCUT2D eigenvalue weighted by atomic mass is 9.89. The fourth-order valence-corrected chi connectivity index (χ4v) is 3.03. The number of unbranched alkanes of at least 4 members (excludes halogenated alkanes) is 3. The van der Waals surface area contributed by atoms with Gasteiger partial charge >= 0.3 is 47.6 Å². The maximum Gasteiger partial charge on any atom is 0.460 e. The van der Waals surface area contributed by atoms with Gasteiger partial charge in [0.2, 0.25) is 0 Å². The molecule has 204 valence electrons. The van der Waals surface area contributed by atoms with Gasteiger partial charge in [-0.25, -0.2) is 0 Å². The number of hydrogen-bond acceptors (Lipinski definition) is 0. The summed E-state index contributed by atoms with van der Waals surface area (Å²) >= 11 is 0.879. The van der Waals surface area contributed by atoms with Crippen LogP contribution in [0.25, 0.3) is 0 Å². The van der Waals surface area contributed by atoms with Crippen molar-refractivity contribution >= 4 is 22.6 Å². The first-order chi connectivity index (χ1) is 14.7. The standard InChI is InChI=1S/C16H14F17I/c1-2-3-4-5-6-8(34)7-9(17,18)10(19,20)11(21,22)12(23,24)13(25,26)14(27,28)15(29,30)16(31,32)33/h7H,2-6H2,1H3/b8-7+. The molecule has 0 fully saturated rings. The van der Waals surface area contributed by atoms with Crippen molar-refractivity contribution in [1.82, 2.24) is 0 Å². The number of alkyl halides is 17. The third-order valence-electron chi connectivity index (χ3n) is 4.35. The molecule has 0 heterocycles. The van der Waals surface area contributed by atoms with Gasteiger partial charge in [-0.3, -0.25) is 0 Å². The third kappa shape index (κ3) is 5.34. The molecular formula is C16H14F17I. The Morgan fingerprint density at radius 1 is 0.529 bits per heavy atom. The fourth-order valence-electron chi connectivity index (χ4n) is 2.26. The van der Waals surface area contributed by atoms with Gasteiger partial charge in [0.15, 0.2) is 0 Å². The summed E-state index contributed by atoms with van der Waals surface area (Å²) in [6.45, 7) is 1.70. The first-order valence-electron chi connectivity index (χ1n) is 8.79. The van der Waals surface area contributed by atoms with Gasteiger partial charge in [0.05, 0.1) is 0 Å². The smallest absolute Gasteiger partial charge is 0.195 e. The van der Waals surface area contributed by atoms with Gasteiger partial charge in [0.25, 0.3) is 0 Å². The second kappa shape index (κ2) is 9.97. The molecule has 0 bridgehead atoms. The SMILES string of the molecule is CCCCCC/C(I)=C\C(F)(F)C(F)(F)C(F)(F)C(F)(F)C(F)(F)C(F)(F)C(F)(F)C(F)(F)F. The zero-order valence-corrected chi connectivity index (χ0v) is 18.6. The van der Waals surface area contributed by atoms with Crippen LogP contribution in [0.15, 0.2) is 9.66 Å². The molecule has 0 unspecified atom stereocenters. The predicted octanol–water partition coefficient (Wildman–Crippen LogP) is 9.29. The highest BCUT2D eigenvalue weighted by atomic mass is 127. The van der Waals surface area contributed by atoms with Crippen molar-refractivity contribution < 1.29 is 74.6 Å². The molecule has 0 aliphatic carbocycles. The van der Waals surface area contributed by atoms with Crippen LogP contribution in [0.5, 0.6) is 0 Å². The molecular weight excluding hydrogens is 642 g/mol. The van der Waals surface area contributed by atoms with Crippen LogP contribution in [-0.4, -0.2) is 47.6 Å². The molecule has 0 aliphatic rings. The lowest BCUT2D eigenvalue weighted by Crippen LogP contribution is -2.74. The fraction of sp³-hybridized carbons (Fsp3) is 0.875. The van der Waals surface area contributed by atoms with Crippen molar-refractivity contribution in [2.45, 2.75) is 86.7 Å². The summed E-state index contributed by atoms with van der Waals surface area (Å²) < 4.78 is 223. The van der Waals surface area contributed by atoms with Crippen LogP contribution >= 0.6 is 22.6 Å². The van der Waals surface area contributed by atoms with E-state index in [1.807, 2.05) is 0 Å². The van der Waals surface area contributed by atoms with Crippen LogP contribution in [0.2, 0.25) is 0 Å². The van der Waals surface area contributed by atoms with E-state index < -0.39 is 63.7 Å². The highest BCUT2D eigenvalue weighted by Crippen LogP contribution is 2.64. The zero-order valence-electron chi connectivity index (χ0n) is 16.4. The summed E-state index contributed by atoms with van der Waals surface area (Å²) in [5, 5.41) is 0. The molecule has 18 heteroatoms. The zero-order chi connectivity index (χ0) is 27.8. The Morgan fingerprint density at radius 3 is 1.24 bits per heavy atom. The Morgan fingerprint density at radius 2 is 0.882 bits per heavy atom. The van der Waals surface area contributed by atoms with Crippen molar-refractivity contribution in [3.8, 4) is 0 Å². The van der Waals surface area contributed by atoms with E-state index in [2.05, 4.69) is 0 Å². The second-order valence-electron chi connectivity index (χ2n) is 6.97. The molecule has 0 aromatic rings. The molecule has 0 radical (unpaired) electrons. The summed E-state index contributed by atoms with van der Waals surface area (Å²) in [6, 6.07) is 0. The largest absolute Gasteiger partial charge is 0.460 e. The molecule has 0 nitrogen and oxygen atoms in total. The molecule has 0 N–H and O–H groups in total. The van der Waals surface area contributed by atoms with Crippen LogP contribution < -0.4 is 0 Å². The summed E-state index contributed by atoms with van der Waals surface area (Å²) in [4.78, 5) is 0. The molecule has 0 aromatic carbocycles. The van der Waals surface area contributed by atoms with E-state index in [-0.39, 0.29) is 6.42 Å². The molecule has 0 atom stereocenters. The number of halogens is 18. The van der Waals surface area contributed by atoms with Crippen molar-refractivity contribution in [1.29, 1.82) is 0 Å². The van der Waals surface area contributed by atoms with Crippen LogP contribution in [0.3, 0.4) is 0 Å². The summed E-state index contributed by atoms with van der Waals surface area (Å²) in [5.41, 5.74) is 0. The molecule has 34 heavy (non-hydrogen) atoms. The predicted molar refractivity (Wildman–Crippen MR) is 91.5 cm³/mol. The van der Waals surface area contributed by atoms with Gasteiger partial charge in [0.1, 0.15) is 0 Å². The van der Waals surface area contributed by atoms with Gasteiger partial charge in [-0.05, 0) is 39.0 Å². The average Bonchev–Trinajstić information content (AvgIpc) is 2.62. The van der Waals surface area contributed by atoms with Crippen molar-refractivity contribution in [2.75, 3.05) is 0 Å². The molecule has 0 amide bonds. The van der Waals surface area contributed by atoms with Crippen molar-refractivity contribution in [3.05, 3.63) is 9.66 Å². The van der Waals surface area contributed by atoms with Crippen LogP contribution in [-0.2, 0) is 0 Å². The van der Waals surface area contributed by atoms with Crippen LogP contribution in [0.1, 0.15) is 39.0 Å². The van der Waals surface area contributed by atoms with Crippen molar-refractivity contribution in [2.24, 2.45) is 0 Å². The first-order valence-corrected chi connectivity index (χ1v) is 9.87. The lowest BCUT2D eigenvalue weighted by molar-refractivity contribution is -0.459. The van der Waals surface area contributed by atoms with Gasteiger partial charge < -0.3 is 0 Å². The molecule has 0 saturated heterocycles. The van der Waals surface area contributed by atoms with E-state index in [1.54, 1.807) is 6.92 Å². The quantitative estimate of drug-likeness (QED) is 0.112. The molecule has 0 rings (SSSR count). The van der Waals surface area contributed by atoms with E-state index in [0.717, 1.165) is 22.6 Å². The van der Waals surface area contributed by atoms with Crippen molar-refractivity contribution in [3.63, 3.8) is 0 Å². The Kier molecular flexibility index (Phi) is 9.76. The van der Waals surface area contributed by atoms with Gasteiger partial charge in [-0.2, -0.15) is 74.6 Å². The van der Waals surface area contributed by atoms with E-state index in [9.17, 15) is 74.6 Å². The first kappa shape index (κ1) is 33.3. The average molecular weight is 656 g/mol. The number of hydrogen-bond donors (Lipinski definition) is 0. The minimum absolute atomic E-state index is 0.00631. The van der Waals surface area contributed by atoms with Gasteiger partial charge in [-0.15, -0.1) is 0 Å². The minimum Gasteiger partial charge on any atom is -0.195 e. The molecule has 0 spiro atoms. The van der Waals surface area contributed by atoms with Gasteiger partial charge in [0, 0.05) is 6.08 Å². The van der Waals surface area contributed by atoms with E-state index in [0.29, 0.717) is 19.3 Å². The molecule has 0 aliphatic heterocycles. The Labute approximate surface area is 194 Å². The summed E-state index contributed by atoms with van der Waals surface area (Å²) in [5.74, 6) is -56.1. The highest BCUT2D eigenvalue weighted by Gasteiger charge is 2.95. The highest BCUT2D eigenvalue weighted by molar-refractivity contribution is 14.1. The van der Waals surface area contributed by atoms with E-state index >= 15 is 0 Å². The van der Waals surface area contributed by atoms with Crippen LogP contribution in [0, 0.1) is 0 Å². The summed E-state index contributed by atoms with van der Waals surface area (Å²) in [7, 11) is 0. The normalized spacial score (nSPS) is 16.3. The number of allylic oxidation sites excluding steroid dienone is 2. The third-order valence-corrected chi connectivity index (χ3v) is 5.20. The lowest BCUT2D eigenvalue weighted by Gasteiger charge is -2.42. The van der Waals surface area contributed by atoms with E-state index in [4.69, 9.17) is 0 Å². The topological polar surface area (TPSA) is 0 Å². The maximum atomic E-state index is 13.8. The Bertz CT molecular complexity index is 720. The Hall–Kier alpha value is -0.720. The van der Waals surface area contributed by atoms with Crippen LogP contribution in [0.4, 0.5) is 74.6 Å². The van der Waals surface area contributed by atoms with Gasteiger partial charge in [-0.1, -0.05) is 26.2 Å². The maximum absolute atomic E-state index is 13.8. The molecule has 0 saturated carbocycles. The van der Waals surface area contributed by atoms with E-state index in [1.165, 1.54) is 0 Å².